The summed E-state index contributed by atoms with van der Waals surface area (Å²) in [6.45, 7) is 0. The maximum Gasteiger partial charge on any atom is 0.313 e. The second-order valence-electron chi connectivity index (χ2n) is 3.48. The van der Waals surface area contributed by atoms with Crippen molar-refractivity contribution in [3.05, 3.63) is 40.6 Å². The van der Waals surface area contributed by atoms with Crippen molar-refractivity contribution in [2.75, 3.05) is 5.75 Å². The van der Waals surface area contributed by atoms with Crippen molar-refractivity contribution in [2.45, 2.75) is 5.16 Å². The average Bonchev–Trinajstić information content (AvgIpc) is 2.73. The van der Waals surface area contributed by atoms with Crippen LogP contribution in [-0.4, -0.2) is 26.4 Å². The molecule has 0 spiro atoms. The Morgan fingerprint density at radius 1 is 1.42 bits per heavy atom. The molecule has 0 radical (unpaired) electrons. The van der Waals surface area contributed by atoms with Crippen molar-refractivity contribution in [2.24, 2.45) is 0 Å². The summed E-state index contributed by atoms with van der Waals surface area (Å²) in [5, 5.41) is 8.82. The molecular weight excluding hydrogens is 342 g/mol. The number of carboxylic acid groups (broad SMARTS) is 1. The van der Waals surface area contributed by atoms with Gasteiger partial charge in [-0.25, -0.2) is 13.8 Å². The van der Waals surface area contributed by atoms with E-state index in [1.54, 1.807) is 0 Å². The van der Waals surface area contributed by atoms with Gasteiger partial charge in [0.25, 0.3) is 0 Å². The summed E-state index contributed by atoms with van der Waals surface area (Å²) in [6.07, 6.45) is 2.73. The lowest BCUT2D eigenvalue weighted by atomic mass is 10.3. The number of aliphatic carboxylic acids is 1. The first-order valence-corrected chi connectivity index (χ1v) is 6.79. The average molecular weight is 349 g/mol. The molecule has 1 N–H and O–H groups in total. The third-order valence-electron chi connectivity index (χ3n) is 2.15. The number of halogens is 3. The van der Waals surface area contributed by atoms with Crippen LogP contribution in [-0.2, 0) is 4.79 Å². The fourth-order valence-corrected chi connectivity index (χ4v) is 2.54. The van der Waals surface area contributed by atoms with Gasteiger partial charge in [-0.1, -0.05) is 27.7 Å². The van der Waals surface area contributed by atoms with Crippen LogP contribution in [0.3, 0.4) is 0 Å². The Kier molecular flexibility index (Phi) is 4.20. The SMILES string of the molecule is O=C(O)CSc1nccn1-c1c(F)cc(Br)cc1F. The minimum atomic E-state index is -1.03. The minimum Gasteiger partial charge on any atom is -0.481 e. The first-order chi connectivity index (χ1) is 8.99. The number of hydrogen-bond acceptors (Lipinski definition) is 3. The maximum atomic E-state index is 13.8. The lowest BCUT2D eigenvalue weighted by Gasteiger charge is -2.09. The predicted molar refractivity (Wildman–Crippen MR) is 69.5 cm³/mol. The molecule has 100 valence electrons. The molecule has 0 aliphatic heterocycles. The number of benzene rings is 1. The molecule has 1 heterocycles. The largest absolute Gasteiger partial charge is 0.481 e. The summed E-state index contributed by atoms with van der Waals surface area (Å²) in [5.41, 5.74) is -0.284. The van der Waals surface area contributed by atoms with Gasteiger partial charge in [-0.2, -0.15) is 0 Å². The molecule has 0 aliphatic rings. The van der Waals surface area contributed by atoms with Gasteiger partial charge in [0.2, 0.25) is 0 Å². The molecule has 0 saturated heterocycles. The zero-order valence-corrected chi connectivity index (χ0v) is 11.7. The van der Waals surface area contributed by atoms with Crippen molar-refractivity contribution in [3.8, 4) is 5.69 Å². The van der Waals surface area contributed by atoms with E-state index in [4.69, 9.17) is 5.11 Å². The standard InChI is InChI=1S/C11H7BrF2N2O2S/c12-6-3-7(13)10(8(14)4-6)16-2-1-15-11(16)19-5-9(17)18/h1-4H,5H2,(H,17,18). The summed E-state index contributed by atoms with van der Waals surface area (Å²) in [4.78, 5) is 14.4. The summed E-state index contributed by atoms with van der Waals surface area (Å²) < 4.78 is 29.1. The molecule has 19 heavy (non-hydrogen) atoms. The lowest BCUT2D eigenvalue weighted by Crippen LogP contribution is -2.04. The van der Waals surface area contributed by atoms with Gasteiger partial charge in [0.05, 0.1) is 5.75 Å². The predicted octanol–water partition coefficient (Wildman–Crippen LogP) is 3.09. The van der Waals surface area contributed by atoms with E-state index in [0.717, 1.165) is 23.9 Å². The molecule has 0 atom stereocenters. The van der Waals surface area contributed by atoms with Gasteiger partial charge in [-0.15, -0.1) is 0 Å². The van der Waals surface area contributed by atoms with Gasteiger partial charge < -0.3 is 5.11 Å². The smallest absolute Gasteiger partial charge is 0.313 e. The molecule has 0 saturated carbocycles. The van der Waals surface area contributed by atoms with E-state index in [-0.39, 0.29) is 21.1 Å². The molecule has 8 heteroatoms. The van der Waals surface area contributed by atoms with Crippen LogP contribution >= 0.6 is 27.7 Å². The van der Waals surface area contributed by atoms with Crippen LogP contribution < -0.4 is 0 Å². The van der Waals surface area contributed by atoms with Crippen molar-refractivity contribution in [1.29, 1.82) is 0 Å². The van der Waals surface area contributed by atoms with E-state index in [1.807, 2.05) is 0 Å². The van der Waals surface area contributed by atoms with E-state index >= 15 is 0 Å². The van der Waals surface area contributed by atoms with E-state index in [2.05, 4.69) is 20.9 Å². The highest BCUT2D eigenvalue weighted by Crippen LogP contribution is 2.27. The molecule has 2 rings (SSSR count). The zero-order chi connectivity index (χ0) is 14.0. The third kappa shape index (κ3) is 3.13. The van der Waals surface area contributed by atoms with Crippen LogP contribution in [0.5, 0.6) is 0 Å². The number of hydrogen-bond donors (Lipinski definition) is 1. The van der Waals surface area contributed by atoms with Gasteiger partial charge in [0, 0.05) is 16.9 Å². The van der Waals surface area contributed by atoms with Crippen LogP contribution in [0.25, 0.3) is 5.69 Å². The van der Waals surface area contributed by atoms with E-state index in [9.17, 15) is 13.6 Å². The van der Waals surface area contributed by atoms with Crippen molar-refractivity contribution < 1.29 is 18.7 Å². The molecule has 0 bridgehead atoms. The van der Waals surface area contributed by atoms with Crippen LogP contribution in [0, 0.1) is 11.6 Å². The topological polar surface area (TPSA) is 55.1 Å². The first-order valence-electron chi connectivity index (χ1n) is 5.02. The fourth-order valence-electron chi connectivity index (χ4n) is 1.46. The maximum absolute atomic E-state index is 13.8. The van der Waals surface area contributed by atoms with Crippen molar-refractivity contribution in [1.82, 2.24) is 9.55 Å². The van der Waals surface area contributed by atoms with E-state index in [1.165, 1.54) is 17.0 Å². The van der Waals surface area contributed by atoms with Crippen molar-refractivity contribution >= 4 is 33.7 Å². The minimum absolute atomic E-state index is 0.211. The summed E-state index contributed by atoms with van der Waals surface area (Å²) in [7, 11) is 0. The number of thioether (sulfide) groups is 1. The highest BCUT2D eigenvalue weighted by atomic mass is 79.9. The van der Waals surface area contributed by atoms with Crippen LogP contribution in [0.4, 0.5) is 8.78 Å². The number of carboxylic acids is 1. The summed E-state index contributed by atoms with van der Waals surface area (Å²) in [5.74, 6) is -2.79. The van der Waals surface area contributed by atoms with Crippen LogP contribution in [0.1, 0.15) is 0 Å². The Labute approximate surface area is 119 Å². The number of imidazole rings is 1. The second-order valence-corrected chi connectivity index (χ2v) is 5.34. The number of carbonyl (C=O) groups is 1. The Bertz CT molecular complexity index is 610. The molecule has 0 fully saturated rings. The number of aromatic nitrogens is 2. The third-order valence-corrected chi connectivity index (χ3v) is 3.56. The molecule has 0 amide bonds. The highest BCUT2D eigenvalue weighted by molar-refractivity contribution is 9.10. The molecule has 0 unspecified atom stereocenters. The zero-order valence-electron chi connectivity index (χ0n) is 9.31. The van der Waals surface area contributed by atoms with Gasteiger partial charge in [0.1, 0.15) is 5.69 Å². The second kappa shape index (κ2) is 5.70. The van der Waals surface area contributed by atoms with Crippen molar-refractivity contribution in [3.63, 3.8) is 0 Å². The van der Waals surface area contributed by atoms with E-state index in [0.29, 0.717) is 0 Å². The van der Waals surface area contributed by atoms with Gasteiger partial charge in [-0.05, 0) is 12.1 Å². The number of rotatable bonds is 4. The molecule has 2 aromatic rings. The van der Waals surface area contributed by atoms with Gasteiger partial charge >= 0.3 is 5.97 Å². The Hall–Kier alpha value is -1.41. The van der Waals surface area contributed by atoms with Crippen LogP contribution in [0.15, 0.2) is 34.2 Å². The molecule has 1 aromatic carbocycles. The molecule has 4 nitrogen and oxygen atoms in total. The molecular formula is C11H7BrF2N2O2S. The Balaban J connectivity index is 2.43. The first kappa shape index (κ1) is 14.0. The normalized spacial score (nSPS) is 10.7. The lowest BCUT2D eigenvalue weighted by molar-refractivity contribution is -0.133. The quantitative estimate of drug-likeness (QED) is 0.862. The Morgan fingerprint density at radius 2 is 2.05 bits per heavy atom. The number of nitrogens with zero attached hydrogens (tertiary/aromatic N) is 2. The fraction of sp³-hybridized carbons (Fsp3) is 0.0909. The van der Waals surface area contributed by atoms with Crippen LogP contribution in [0.2, 0.25) is 0 Å². The summed E-state index contributed by atoms with van der Waals surface area (Å²) in [6, 6.07) is 2.26. The van der Waals surface area contributed by atoms with Gasteiger partial charge in [0.15, 0.2) is 16.8 Å². The highest BCUT2D eigenvalue weighted by Gasteiger charge is 2.16. The molecule has 0 aliphatic carbocycles. The monoisotopic (exact) mass is 348 g/mol. The Morgan fingerprint density at radius 3 is 2.63 bits per heavy atom. The molecule has 1 aromatic heterocycles. The van der Waals surface area contributed by atoms with E-state index < -0.39 is 17.6 Å². The summed E-state index contributed by atoms with van der Waals surface area (Å²) >= 11 is 3.88. The van der Waals surface area contributed by atoms with Gasteiger partial charge in [-0.3, -0.25) is 9.36 Å².